The first kappa shape index (κ1) is 22.7. The Morgan fingerprint density at radius 1 is 1.33 bits per heavy atom. The van der Waals surface area contributed by atoms with E-state index in [1.165, 1.54) is 23.6 Å². The van der Waals surface area contributed by atoms with Crippen molar-refractivity contribution < 1.29 is 14.6 Å². The maximum absolute atomic E-state index is 12.7. The Kier molecular flexibility index (Phi) is 6.34. The number of fused-ring (bicyclic) bond motifs is 1. The van der Waals surface area contributed by atoms with E-state index in [2.05, 4.69) is 20.7 Å². The summed E-state index contributed by atoms with van der Waals surface area (Å²) in [6.07, 6.45) is 7.54. The van der Waals surface area contributed by atoms with E-state index in [9.17, 15) is 14.7 Å². The monoisotopic (exact) mass is 455 g/mol. The Morgan fingerprint density at radius 2 is 2.06 bits per heavy atom. The molecule has 1 saturated carbocycles. The molecule has 0 aromatic carbocycles. The molecule has 3 aromatic rings. The summed E-state index contributed by atoms with van der Waals surface area (Å²) in [6, 6.07) is 5.19. The van der Waals surface area contributed by atoms with E-state index >= 15 is 0 Å². The number of aliphatic hydroxyl groups is 1. The summed E-state index contributed by atoms with van der Waals surface area (Å²) in [5, 5.41) is 19.3. The van der Waals surface area contributed by atoms with E-state index in [0.29, 0.717) is 36.2 Å². The molecule has 1 saturated heterocycles. The number of carbonyl (C=O) groups is 1. The molecule has 11 heteroatoms. The molecule has 11 nitrogen and oxygen atoms in total. The number of primary amides is 1. The van der Waals surface area contributed by atoms with Crippen LogP contribution in [0, 0.1) is 0 Å². The highest BCUT2D eigenvalue weighted by atomic mass is 16.5. The average Bonchev–Trinajstić information content (AvgIpc) is 3.35. The Bertz CT molecular complexity index is 1210. The second kappa shape index (κ2) is 9.20. The molecule has 176 valence electrons. The summed E-state index contributed by atoms with van der Waals surface area (Å²) in [5.74, 6) is 0.358. The second-order valence-electron chi connectivity index (χ2n) is 8.59. The lowest BCUT2D eigenvalue weighted by Gasteiger charge is -2.28. The van der Waals surface area contributed by atoms with Gasteiger partial charge in [-0.3, -0.25) is 9.59 Å². The van der Waals surface area contributed by atoms with Crippen LogP contribution in [0.1, 0.15) is 49.0 Å². The second-order valence-corrected chi connectivity index (χ2v) is 8.59. The summed E-state index contributed by atoms with van der Waals surface area (Å²) in [4.78, 5) is 28.6. The normalized spacial score (nSPS) is 17.2. The standard InChI is InChI=1S/C16H17N7O3.C6H12O/c1-18-13-5-12(21-15-10(14(17)24)6-19-23(13)15)20-11-3-2-4-22(16(11)25)9-7-26-8-9;1-6(7)4-2-3-5-6/h2-6,9,18H,7-8H2,1H3,(H2,17,24)(H,20,21);7H,2-5H2,1H3. The molecule has 0 spiro atoms. The summed E-state index contributed by atoms with van der Waals surface area (Å²) in [5.41, 5.74) is 5.78. The van der Waals surface area contributed by atoms with Crippen molar-refractivity contribution in [2.24, 2.45) is 5.73 Å². The molecule has 5 rings (SSSR count). The van der Waals surface area contributed by atoms with E-state index in [-0.39, 0.29) is 22.8 Å². The van der Waals surface area contributed by atoms with Gasteiger partial charge < -0.3 is 30.8 Å². The van der Waals surface area contributed by atoms with Gasteiger partial charge in [-0.05, 0) is 31.9 Å². The van der Waals surface area contributed by atoms with Crippen molar-refractivity contribution in [2.75, 3.05) is 30.9 Å². The first-order valence-electron chi connectivity index (χ1n) is 10.9. The van der Waals surface area contributed by atoms with Crippen molar-refractivity contribution in [3.05, 3.63) is 46.5 Å². The largest absolute Gasteiger partial charge is 0.390 e. The third-order valence-electron chi connectivity index (χ3n) is 5.93. The van der Waals surface area contributed by atoms with Gasteiger partial charge in [-0.15, -0.1) is 0 Å². The molecule has 33 heavy (non-hydrogen) atoms. The van der Waals surface area contributed by atoms with Gasteiger partial charge in [0.15, 0.2) is 5.65 Å². The van der Waals surface area contributed by atoms with Crippen LogP contribution in [-0.2, 0) is 4.74 Å². The molecule has 2 aliphatic rings. The van der Waals surface area contributed by atoms with Gasteiger partial charge in [0.2, 0.25) is 0 Å². The van der Waals surface area contributed by atoms with Gasteiger partial charge in [0, 0.05) is 19.3 Å². The van der Waals surface area contributed by atoms with Gasteiger partial charge in [-0.2, -0.15) is 9.61 Å². The fourth-order valence-corrected chi connectivity index (χ4v) is 3.93. The van der Waals surface area contributed by atoms with Crippen LogP contribution < -0.4 is 21.9 Å². The van der Waals surface area contributed by atoms with Gasteiger partial charge in [-0.1, -0.05) is 12.8 Å². The fraction of sp³-hybridized carbons (Fsp3) is 0.455. The zero-order valence-corrected chi connectivity index (χ0v) is 18.7. The number of rotatable bonds is 5. The summed E-state index contributed by atoms with van der Waals surface area (Å²) in [7, 11) is 1.72. The van der Waals surface area contributed by atoms with Gasteiger partial charge in [0.05, 0.1) is 31.1 Å². The molecule has 5 N–H and O–H groups in total. The summed E-state index contributed by atoms with van der Waals surface area (Å²) < 4.78 is 8.26. The van der Waals surface area contributed by atoms with Crippen LogP contribution in [0.3, 0.4) is 0 Å². The van der Waals surface area contributed by atoms with E-state index in [1.54, 1.807) is 36.0 Å². The first-order chi connectivity index (χ1) is 15.8. The van der Waals surface area contributed by atoms with Gasteiger partial charge in [0.1, 0.15) is 22.9 Å². The lowest BCUT2D eigenvalue weighted by molar-refractivity contribution is -0.0247. The number of nitrogens with zero attached hydrogens (tertiary/aromatic N) is 4. The molecule has 1 amide bonds. The third-order valence-corrected chi connectivity index (χ3v) is 5.93. The third kappa shape index (κ3) is 4.83. The highest BCUT2D eigenvalue weighted by molar-refractivity contribution is 5.98. The number of nitrogens with two attached hydrogens (primary N) is 1. The number of hydrogen-bond donors (Lipinski definition) is 4. The highest BCUT2D eigenvalue weighted by Crippen LogP contribution is 2.28. The van der Waals surface area contributed by atoms with E-state index in [1.807, 2.05) is 6.92 Å². The number of anilines is 3. The minimum atomic E-state index is -0.626. The van der Waals surface area contributed by atoms with E-state index < -0.39 is 5.91 Å². The summed E-state index contributed by atoms with van der Waals surface area (Å²) >= 11 is 0. The molecular formula is C22H29N7O4. The number of hydrogen-bond acceptors (Lipinski definition) is 8. The van der Waals surface area contributed by atoms with Crippen molar-refractivity contribution in [1.82, 2.24) is 19.2 Å². The Hall–Kier alpha value is -3.44. The van der Waals surface area contributed by atoms with Crippen LogP contribution in [0.15, 0.2) is 35.4 Å². The number of amides is 1. The number of aromatic nitrogens is 4. The fourth-order valence-electron chi connectivity index (χ4n) is 3.93. The Balaban J connectivity index is 0.000000318. The molecule has 0 radical (unpaired) electrons. The molecule has 1 aliphatic heterocycles. The molecule has 2 fully saturated rings. The van der Waals surface area contributed by atoms with Crippen LogP contribution in [-0.4, -0.2) is 56.0 Å². The zero-order valence-electron chi connectivity index (χ0n) is 18.7. The van der Waals surface area contributed by atoms with Gasteiger partial charge in [-0.25, -0.2) is 4.98 Å². The van der Waals surface area contributed by atoms with Crippen molar-refractivity contribution in [2.45, 2.75) is 44.2 Å². The maximum Gasteiger partial charge on any atom is 0.274 e. The van der Waals surface area contributed by atoms with Crippen LogP contribution in [0.5, 0.6) is 0 Å². The van der Waals surface area contributed by atoms with Crippen LogP contribution in [0.25, 0.3) is 5.65 Å². The quantitative estimate of drug-likeness (QED) is 0.454. The molecule has 0 unspecified atom stereocenters. The Labute approximate surface area is 190 Å². The molecule has 0 atom stereocenters. The molecule has 1 aliphatic carbocycles. The van der Waals surface area contributed by atoms with E-state index in [0.717, 1.165) is 12.8 Å². The predicted octanol–water partition coefficient (Wildman–Crippen LogP) is 1.66. The van der Waals surface area contributed by atoms with Crippen molar-refractivity contribution in [1.29, 1.82) is 0 Å². The van der Waals surface area contributed by atoms with Crippen molar-refractivity contribution in [3.63, 3.8) is 0 Å². The van der Waals surface area contributed by atoms with Gasteiger partial charge in [0.25, 0.3) is 11.5 Å². The maximum atomic E-state index is 12.7. The van der Waals surface area contributed by atoms with E-state index in [4.69, 9.17) is 10.5 Å². The lowest BCUT2D eigenvalue weighted by Crippen LogP contribution is -2.37. The molecule has 0 bridgehead atoms. The molecular weight excluding hydrogens is 426 g/mol. The van der Waals surface area contributed by atoms with Crippen LogP contribution >= 0.6 is 0 Å². The van der Waals surface area contributed by atoms with Crippen molar-refractivity contribution >= 4 is 28.9 Å². The Morgan fingerprint density at radius 3 is 2.61 bits per heavy atom. The van der Waals surface area contributed by atoms with Crippen molar-refractivity contribution in [3.8, 4) is 0 Å². The average molecular weight is 456 g/mol. The predicted molar refractivity (Wildman–Crippen MR) is 124 cm³/mol. The summed E-state index contributed by atoms with van der Waals surface area (Å²) in [6.45, 7) is 2.96. The zero-order chi connectivity index (χ0) is 23.6. The highest BCUT2D eigenvalue weighted by Gasteiger charge is 2.24. The minimum Gasteiger partial charge on any atom is -0.390 e. The molecule has 4 heterocycles. The molecule has 3 aromatic heterocycles. The topological polar surface area (TPSA) is 149 Å². The number of carbonyl (C=O) groups excluding carboxylic acids is 1. The SMILES string of the molecule is CC1(O)CCCC1.CNc1cc(Nc2cccn(C3COC3)c2=O)nc2c(C(N)=O)cnn12. The lowest BCUT2D eigenvalue weighted by atomic mass is 10.1. The number of ether oxygens (including phenoxy) is 1. The number of pyridine rings is 1. The minimum absolute atomic E-state index is 0.0452. The van der Waals surface area contributed by atoms with Gasteiger partial charge >= 0.3 is 0 Å². The smallest absolute Gasteiger partial charge is 0.274 e. The first-order valence-corrected chi connectivity index (χ1v) is 10.9. The van der Waals surface area contributed by atoms with Crippen LogP contribution in [0.4, 0.5) is 17.3 Å². The number of nitrogens with one attached hydrogen (secondary N) is 2. The van der Waals surface area contributed by atoms with Crippen LogP contribution in [0.2, 0.25) is 0 Å².